The number of amides is 1. The standard InChI is InChI=1S/C20H29FN4O2.HI/c1-22-20(23-11-14-6-7-18(21)16(10-14)13-26)24-17-8-9-25(12-17)19(27)15-4-2-3-5-15;/h6-7,10,15,17,26H,2-5,8-9,11-13H2,1H3,(H2,22,23,24);1H. The van der Waals surface area contributed by atoms with E-state index in [2.05, 4.69) is 15.6 Å². The van der Waals surface area contributed by atoms with E-state index in [-0.39, 0.29) is 48.1 Å². The van der Waals surface area contributed by atoms with Gasteiger partial charge in [-0.05, 0) is 37.0 Å². The number of rotatable bonds is 5. The van der Waals surface area contributed by atoms with Gasteiger partial charge in [-0.25, -0.2) is 4.39 Å². The van der Waals surface area contributed by atoms with Crippen LogP contribution in [-0.4, -0.2) is 48.1 Å². The smallest absolute Gasteiger partial charge is 0.225 e. The molecular weight excluding hydrogens is 474 g/mol. The lowest BCUT2D eigenvalue weighted by atomic mass is 10.1. The first-order valence-electron chi connectivity index (χ1n) is 9.75. The van der Waals surface area contributed by atoms with Crippen LogP contribution in [0.15, 0.2) is 23.2 Å². The normalized spacial score (nSPS) is 20.2. The number of benzene rings is 1. The van der Waals surface area contributed by atoms with Crippen molar-refractivity contribution in [3.8, 4) is 0 Å². The molecule has 1 atom stereocenters. The molecule has 1 unspecified atom stereocenters. The minimum Gasteiger partial charge on any atom is -0.392 e. The molecule has 2 aliphatic rings. The minimum atomic E-state index is -0.401. The van der Waals surface area contributed by atoms with Gasteiger partial charge in [0.15, 0.2) is 5.96 Å². The molecule has 1 saturated carbocycles. The van der Waals surface area contributed by atoms with Crippen LogP contribution in [0.3, 0.4) is 0 Å². The molecule has 1 aromatic rings. The van der Waals surface area contributed by atoms with Crippen LogP contribution in [0.4, 0.5) is 4.39 Å². The summed E-state index contributed by atoms with van der Waals surface area (Å²) in [6, 6.07) is 4.88. The average molecular weight is 504 g/mol. The summed E-state index contributed by atoms with van der Waals surface area (Å²) in [4.78, 5) is 18.8. The van der Waals surface area contributed by atoms with Crippen molar-refractivity contribution in [2.24, 2.45) is 10.9 Å². The first-order valence-corrected chi connectivity index (χ1v) is 9.75. The highest BCUT2D eigenvalue weighted by molar-refractivity contribution is 14.0. The van der Waals surface area contributed by atoms with E-state index in [1.165, 1.54) is 18.9 Å². The third kappa shape index (κ3) is 5.79. The summed E-state index contributed by atoms with van der Waals surface area (Å²) >= 11 is 0. The Morgan fingerprint density at radius 2 is 2.07 bits per heavy atom. The number of aliphatic hydroxyl groups excluding tert-OH is 1. The molecule has 6 nitrogen and oxygen atoms in total. The number of aliphatic imine (C=N–C) groups is 1. The van der Waals surface area contributed by atoms with E-state index < -0.39 is 5.82 Å². The molecule has 1 aromatic carbocycles. The zero-order valence-corrected chi connectivity index (χ0v) is 18.6. The fourth-order valence-corrected chi connectivity index (χ4v) is 3.94. The van der Waals surface area contributed by atoms with Crippen LogP contribution in [0, 0.1) is 11.7 Å². The second-order valence-electron chi connectivity index (χ2n) is 7.41. The second-order valence-corrected chi connectivity index (χ2v) is 7.41. The SMILES string of the molecule is CN=C(NCc1ccc(F)c(CO)c1)NC1CCN(C(=O)C2CCCC2)C1.I. The Bertz CT molecular complexity index is 695. The summed E-state index contributed by atoms with van der Waals surface area (Å²) < 4.78 is 13.5. The van der Waals surface area contributed by atoms with Gasteiger partial charge in [0.05, 0.1) is 6.61 Å². The molecule has 1 amide bonds. The van der Waals surface area contributed by atoms with E-state index in [9.17, 15) is 14.3 Å². The summed E-state index contributed by atoms with van der Waals surface area (Å²) in [6.07, 6.45) is 5.31. The largest absolute Gasteiger partial charge is 0.392 e. The van der Waals surface area contributed by atoms with Gasteiger partial charge in [-0.2, -0.15) is 0 Å². The molecule has 156 valence electrons. The number of guanidine groups is 1. The molecule has 0 bridgehead atoms. The van der Waals surface area contributed by atoms with Crippen molar-refractivity contribution in [3.63, 3.8) is 0 Å². The van der Waals surface area contributed by atoms with Crippen molar-refractivity contribution < 1.29 is 14.3 Å². The molecule has 1 aliphatic carbocycles. The fraction of sp³-hybridized carbons (Fsp3) is 0.600. The van der Waals surface area contributed by atoms with Crippen LogP contribution >= 0.6 is 24.0 Å². The molecule has 3 N–H and O–H groups in total. The number of halogens is 2. The lowest BCUT2D eigenvalue weighted by molar-refractivity contribution is -0.134. The first kappa shape index (κ1) is 22.9. The molecule has 1 heterocycles. The predicted molar refractivity (Wildman–Crippen MR) is 118 cm³/mol. The molecule has 0 radical (unpaired) electrons. The van der Waals surface area contributed by atoms with Gasteiger partial charge in [0.25, 0.3) is 0 Å². The zero-order valence-electron chi connectivity index (χ0n) is 16.3. The monoisotopic (exact) mass is 504 g/mol. The summed E-state index contributed by atoms with van der Waals surface area (Å²) in [5.41, 5.74) is 1.15. The molecule has 0 aromatic heterocycles. The predicted octanol–water partition coefficient (Wildman–Crippen LogP) is 2.39. The maximum atomic E-state index is 13.5. The molecule has 1 saturated heterocycles. The van der Waals surface area contributed by atoms with Gasteiger partial charge >= 0.3 is 0 Å². The molecule has 0 spiro atoms. The zero-order chi connectivity index (χ0) is 19.2. The first-order chi connectivity index (χ1) is 13.1. The van der Waals surface area contributed by atoms with Crippen LogP contribution in [-0.2, 0) is 17.9 Å². The number of nitrogens with one attached hydrogen (secondary N) is 2. The third-order valence-corrected chi connectivity index (χ3v) is 5.51. The van der Waals surface area contributed by atoms with Gasteiger partial charge in [-0.15, -0.1) is 24.0 Å². The van der Waals surface area contributed by atoms with Crippen molar-refractivity contribution in [2.75, 3.05) is 20.1 Å². The summed E-state index contributed by atoms with van der Waals surface area (Å²) in [6.45, 7) is 1.66. The highest BCUT2D eigenvalue weighted by Gasteiger charge is 2.32. The van der Waals surface area contributed by atoms with Crippen molar-refractivity contribution in [3.05, 3.63) is 35.1 Å². The maximum absolute atomic E-state index is 13.5. The average Bonchev–Trinajstić information content (AvgIpc) is 3.37. The highest BCUT2D eigenvalue weighted by Crippen LogP contribution is 2.27. The van der Waals surface area contributed by atoms with Crippen LogP contribution in [0.2, 0.25) is 0 Å². The summed E-state index contributed by atoms with van der Waals surface area (Å²) in [7, 11) is 1.70. The molecule has 3 rings (SSSR count). The molecule has 2 fully saturated rings. The Kier molecular flexibility index (Phi) is 8.94. The number of aliphatic hydroxyl groups is 1. The van der Waals surface area contributed by atoms with Gasteiger partial charge in [-0.3, -0.25) is 9.79 Å². The number of carbonyl (C=O) groups excluding carboxylic acids is 1. The minimum absolute atomic E-state index is 0. The number of hydrogen-bond donors (Lipinski definition) is 3. The molecule has 28 heavy (non-hydrogen) atoms. The van der Waals surface area contributed by atoms with Crippen LogP contribution < -0.4 is 10.6 Å². The van der Waals surface area contributed by atoms with Gasteiger partial charge in [0.2, 0.25) is 5.91 Å². The summed E-state index contributed by atoms with van der Waals surface area (Å²) in [5, 5.41) is 15.8. The lowest BCUT2D eigenvalue weighted by Gasteiger charge is -2.21. The number of nitrogens with zero attached hydrogens (tertiary/aromatic N) is 2. The lowest BCUT2D eigenvalue weighted by Crippen LogP contribution is -2.45. The van der Waals surface area contributed by atoms with Crippen LogP contribution in [0.5, 0.6) is 0 Å². The van der Waals surface area contributed by atoms with E-state index in [0.29, 0.717) is 25.0 Å². The van der Waals surface area contributed by atoms with Gasteiger partial charge in [0, 0.05) is 44.2 Å². The maximum Gasteiger partial charge on any atom is 0.225 e. The third-order valence-electron chi connectivity index (χ3n) is 5.51. The van der Waals surface area contributed by atoms with Crippen molar-refractivity contribution in [2.45, 2.75) is 51.3 Å². The van der Waals surface area contributed by atoms with Gasteiger partial charge in [0.1, 0.15) is 5.82 Å². The number of carbonyl (C=O) groups is 1. The van der Waals surface area contributed by atoms with E-state index >= 15 is 0 Å². The Morgan fingerprint density at radius 3 is 2.75 bits per heavy atom. The summed E-state index contributed by atoms with van der Waals surface area (Å²) in [5.74, 6) is 0.787. The number of likely N-dealkylation sites (tertiary alicyclic amines) is 1. The van der Waals surface area contributed by atoms with E-state index in [1.807, 2.05) is 4.90 Å². The molecule has 1 aliphatic heterocycles. The number of hydrogen-bond acceptors (Lipinski definition) is 3. The Hall–Kier alpha value is -1.42. The fourth-order valence-electron chi connectivity index (χ4n) is 3.94. The Balaban J connectivity index is 0.00000280. The van der Waals surface area contributed by atoms with Crippen LogP contribution in [0.25, 0.3) is 0 Å². The van der Waals surface area contributed by atoms with Crippen molar-refractivity contribution in [1.29, 1.82) is 0 Å². The van der Waals surface area contributed by atoms with E-state index in [0.717, 1.165) is 31.4 Å². The van der Waals surface area contributed by atoms with Gasteiger partial charge in [-0.1, -0.05) is 18.9 Å². The van der Waals surface area contributed by atoms with E-state index in [4.69, 9.17) is 0 Å². The Morgan fingerprint density at radius 1 is 1.32 bits per heavy atom. The highest BCUT2D eigenvalue weighted by atomic mass is 127. The molecule has 8 heteroatoms. The molecular formula is C20H30FIN4O2. The topological polar surface area (TPSA) is 77.0 Å². The Labute approximate surface area is 183 Å². The van der Waals surface area contributed by atoms with Crippen LogP contribution in [0.1, 0.15) is 43.2 Å². The van der Waals surface area contributed by atoms with Crippen molar-refractivity contribution >= 4 is 35.8 Å². The van der Waals surface area contributed by atoms with E-state index in [1.54, 1.807) is 19.2 Å². The van der Waals surface area contributed by atoms with Crippen molar-refractivity contribution in [1.82, 2.24) is 15.5 Å². The van der Waals surface area contributed by atoms with Gasteiger partial charge < -0.3 is 20.6 Å². The quantitative estimate of drug-likeness (QED) is 0.327. The second kappa shape index (κ2) is 10.9.